The Hall–Kier alpha value is -2.02. The Morgan fingerprint density at radius 2 is 1.52 bits per heavy atom. The van der Waals surface area contributed by atoms with Gasteiger partial charge in [0.15, 0.2) is 0 Å². The van der Waals surface area contributed by atoms with Gasteiger partial charge in [-0.2, -0.15) is 0 Å². The lowest BCUT2D eigenvalue weighted by Gasteiger charge is -2.22. The van der Waals surface area contributed by atoms with E-state index in [9.17, 15) is 0 Å². The van der Waals surface area contributed by atoms with Crippen molar-refractivity contribution in [1.29, 1.82) is 0 Å². The minimum absolute atomic E-state index is 1.04. The molecule has 0 amide bonds. The van der Waals surface area contributed by atoms with Crippen molar-refractivity contribution in [2.75, 3.05) is 18.0 Å². The van der Waals surface area contributed by atoms with Crippen molar-refractivity contribution in [3.05, 3.63) is 71.3 Å². The summed E-state index contributed by atoms with van der Waals surface area (Å²) >= 11 is 0. The van der Waals surface area contributed by atoms with Crippen LogP contribution in [0.3, 0.4) is 0 Å². The average molecular weight is 279 g/mol. The first-order valence-corrected chi connectivity index (χ1v) is 7.69. The normalized spacial score (nSPS) is 10.5. The van der Waals surface area contributed by atoms with Gasteiger partial charge in [-0.1, -0.05) is 36.9 Å². The van der Waals surface area contributed by atoms with Crippen LogP contribution < -0.4 is 4.90 Å². The number of nitrogens with zero attached hydrogens (tertiary/aromatic N) is 1. The number of aryl methyl sites for hydroxylation is 2. The molecule has 0 N–H and O–H groups in total. The lowest BCUT2D eigenvalue weighted by atomic mass is 9.93. The van der Waals surface area contributed by atoms with Crippen LogP contribution in [0.5, 0.6) is 0 Å². The molecule has 110 valence electrons. The maximum atomic E-state index is 4.32. The lowest BCUT2D eigenvalue weighted by Crippen LogP contribution is -2.21. The van der Waals surface area contributed by atoms with Crippen molar-refractivity contribution in [2.24, 2.45) is 0 Å². The summed E-state index contributed by atoms with van der Waals surface area (Å²) in [6.07, 6.45) is 0. The van der Waals surface area contributed by atoms with Gasteiger partial charge >= 0.3 is 0 Å². The van der Waals surface area contributed by atoms with Crippen LogP contribution in [0.25, 0.3) is 5.57 Å². The van der Waals surface area contributed by atoms with Crippen LogP contribution in [-0.2, 0) is 0 Å². The molecule has 0 saturated heterocycles. The highest BCUT2D eigenvalue weighted by Crippen LogP contribution is 2.29. The third kappa shape index (κ3) is 3.18. The van der Waals surface area contributed by atoms with E-state index >= 15 is 0 Å². The second kappa shape index (κ2) is 6.62. The maximum absolute atomic E-state index is 4.32. The molecule has 0 unspecified atom stereocenters. The minimum Gasteiger partial charge on any atom is -0.372 e. The minimum atomic E-state index is 1.04. The molecule has 1 nitrogen and oxygen atoms in total. The van der Waals surface area contributed by atoms with Crippen molar-refractivity contribution in [2.45, 2.75) is 27.7 Å². The summed E-state index contributed by atoms with van der Waals surface area (Å²) in [4.78, 5) is 2.37. The largest absolute Gasteiger partial charge is 0.372 e. The van der Waals surface area contributed by atoms with E-state index in [2.05, 4.69) is 81.6 Å². The lowest BCUT2D eigenvalue weighted by molar-refractivity contribution is 0.865. The van der Waals surface area contributed by atoms with E-state index in [1.54, 1.807) is 0 Å². The molecule has 21 heavy (non-hydrogen) atoms. The third-order valence-electron chi connectivity index (χ3n) is 4.13. The molecule has 0 aliphatic heterocycles. The zero-order chi connectivity index (χ0) is 15.4. The Labute approximate surface area is 128 Å². The Kier molecular flexibility index (Phi) is 4.85. The van der Waals surface area contributed by atoms with Gasteiger partial charge in [-0.05, 0) is 67.7 Å². The van der Waals surface area contributed by atoms with Gasteiger partial charge < -0.3 is 4.90 Å². The average Bonchev–Trinajstić information content (AvgIpc) is 2.48. The van der Waals surface area contributed by atoms with Crippen molar-refractivity contribution < 1.29 is 0 Å². The van der Waals surface area contributed by atoms with Gasteiger partial charge in [0.05, 0.1) is 0 Å². The molecule has 2 aromatic rings. The highest BCUT2D eigenvalue weighted by Gasteiger charge is 2.10. The van der Waals surface area contributed by atoms with Crippen LogP contribution in [0.15, 0.2) is 49.0 Å². The first-order chi connectivity index (χ1) is 10.1. The third-order valence-corrected chi connectivity index (χ3v) is 4.13. The van der Waals surface area contributed by atoms with Gasteiger partial charge in [-0.15, -0.1) is 0 Å². The van der Waals surface area contributed by atoms with E-state index in [1.165, 1.54) is 27.9 Å². The molecule has 0 heterocycles. The number of hydrogen-bond acceptors (Lipinski definition) is 1. The van der Waals surface area contributed by atoms with Crippen molar-refractivity contribution in [1.82, 2.24) is 0 Å². The summed E-state index contributed by atoms with van der Waals surface area (Å²) in [6.45, 7) is 15.1. The van der Waals surface area contributed by atoms with Crippen LogP contribution >= 0.6 is 0 Å². The van der Waals surface area contributed by atoms with Crippen LogP contribution in [0.4, 0.5) is 5.69 Å². The van der Waals surface area contributed by atoms with E-state index in [-0.39, 0.29) is 0 Å². The van der Waals surface area contributed by atoms with Crippen LogP contribution in [-0.4, -0.2) is 13.1 Å². The number of rotatable bonds is 5. The molecule has 1 heteroatoms. The predicted octanol–water partition coefficient (Wildman–Crippen LogP) is 5.21. The summed E-state index contributed by atoms with van der Waals surface area (Å²) < 4.78 is 0. The summed E-state index contributed by atoms with van der Waals surface area (Å²) in [5.74, 6) is 0. The van der Waals surface area contributed by atoms with Gasteiger partial charge in [0, 0.05) is 18.8 Å². The molecule has 2 aromatic carbocycles. The second-order valence-corrected chi connectivity index (χ2v) is 5.46. The van der Waals surface area contributed by atoms with Gasteiger partial charge in [-0.25, -0.2) is 0 Å². The fourth-order valence-corrected chi connectivity index (χ4v) is 2.83. The summed E-state index contributed by atoms with van der Waals surface area (Å²) in [7, 11) is 0. The Balaban J connectivity index is 2.38. The molecule has 0 atom stereocenters. The highest BCUT2D eigenvalue weighted by atomic mass is 15.1. The molecule has 0 fully saturated rings. The number of anilines is 1. The van der Waals surface area contributed by atoms with E-state index in [0.29, 0.717) is 0 Å². The van der Waals surface area contributed by atoms with Gasteiger partial charge in [0.1, 0.15) is 0 Å². The first kappa shape index (κ1) is 15.4. The fraction of sp³-hybridized carbons (Fsp3) is 0.300. The molecular formula is C20H25N. The Morgan fingerprint density at radius 1 is 0.905 bits per heavy atom. The molecule has 0 bridgehead atoms. The van der Waals surface area contributed by atoms with Gasteiger partial charge in [0.2, 0.25) is 0 Å². The zero-order valence-electron chi connectivity index (χ0n) is 13.6. The summed E-state index contributed by atoms with van der Waals surface area (Å²) in [5, 5.41) is 0. The van der Waals surface area contributed by atoms with E-state index in [0.717, 1.165) is 18.7 Å². The second-order valence-electron chi connectivity index (χ2n) is 5.46. The smallest absolute Gasteiger partial charge is 0.0369 e. The fourth-order valence-electron chi connectivity index (χ4n) is 2.83. The molecule has 0 radical (unpaired) electrons. The topological polar surface area (TPSA) is 3.24 Å². The monoisotopic (exact) mass is 279 g/mol. The summed E-state index contributed by atoms with van der Waals surface area (Å²) in [5.41, 5.74) is 7.43. The van der Waals surface area contributed by atoms with E-state index < -0.39 is 0 Å². The van der Waals surface area contributed by atoms with Crippen LogP contribution in [0.2, 0.25) is 0 Å². The quantitative estimate of drug-likeness (QED) is 0.726. The highest BCUT2D eigenvalue weighted by molar-refractivity contribution is 5.82. The standard InChI is InChI=1S/C20H25N/c1-6-21(7-2)18-12-13-20(16(4)14-18)17(5)19-11-9-8-10-15(19)3/h8-14H,5-7H2,1-4H3. The van der Waals surface area contributed by atoms with Crippen molar-refractivity contribution in [3.63, 3.8) is 0 Å². The van der Waals surface area contributed by atoms with Crippen LogP contribution in [0.1, 0.15) is 36.1 Å². The molecule has 0 saturated carbocycles. The first-order valence-electron chi connectivity index (χ1n) is 7.69. The molecule has 0 spiro atoms. The molecule has 0 aliphatic rings. The molecular weight excluding hydrogens is 254 g/mol. The molecule has 2 rings (SSSR count). The predicted molar refractivity (Wildman–Crippen MR) is 94.1 cm³/mol. The zero-order valence-corrected chi connectivity index (χ0v) is 13.6. The SMILES string of the molecule is C=C(c1ccccc1C)c1ccc(N(CC)CC)cc1C. The Bertz CT molecular complexity index is 636. The number of benzene rings is 2. The van der Waals surface area contributed by atoms with Crippen LogP contribution in [0, 0.1) is 13.8 Å². The van der Waals surface area contributed by atoms with Crippen molar-refractivity contribution >= 4 is 11.3 Å². The van der Waals surface area contributed by atoms with E-state index in [4.69, 9.17) is 0 Å². The van der Waals surface area contributed by atoms with E-state index in [1.807, 2.05) is 0 Å². The van der Waals surface area contributed by atoms with Gasteiger partial charge in [0.25, 0.3) is 0 Å². The molecule has 0 aromatic heterocycles. The Morgan fingerprint density at radius 3 is 2.10 bits per heavy atom. The van der Waals surface area contributed by atoms with Gasteiger partial charge in [-0.3, -0.25) is 0 Å². The number of hydrogen-bond donors (Lipinski definition) is 0. The molecule has 0 aliphatic carbocycles. The maximum Gasteiger partial charge on any atom is 0.0369 e. The van der Waals surface area contributed by atoms with Crippen molar-refractivity contribution in [3.8, 4) is 0 Å². The summed E-state index contributed by atoms with van der Waals surface area (Å²) in [6, 6.07) is 15.1.